The summed E-state index contributed by atoms with van der Waals surface area (Å²) in [7, 11) is 0. The summed E-state index contributed by atoms with van der Waals surface area (Å²) < 4.78 is 5.70. The molecule has 0 bridgehead atoms. The van der Waals surface area contributed by atoms with Gasteiger partial charge in [0, 0.05) is 47.0 Å². The standard InChI is InChI=1S/C22H20N4O5S/c1-12-15(4-3-5-19(12)26(29)30)21(28)25-22-24-18(11-32-22)14-6-7-20-16(10-14)17(8-9-31-20)23-13(2)27/h3-7,10-11,17H,8-9H2,1-2H3,(H,23,27)(H,24,25,28). The summed E-state index contributed by atoms with van der Waals surface area (Å²) in [5.41, 5.74) is 2.78. The van der Waals surface area contributed by atoms with Crippen LogP contribution in [0, 0.1) is 17.0 Å². The lowest BCUT2D eigenvalue weighted by molar-refractivity contribution is -0.385. The Balaban J connectivity index is 1.56. The molecule has 0 saturated carbocycles. The van der Waals surface area contributed by atoms with Crippen molar-refractivity contribution in [2.45, 2.75) is 26.3 Å². The molecule has 3 aromatic rings. The maximum atomic E-state index is 12.7. The van der Waals surface area contributed by atoms with E-state index in [1.165, 1.54) is 36.5 Å². The number of amides is 2. The first-order chi connectivity index (χ1) is 15.3. The van der Waals surface area contributed by atoms with Crippen molar-refractivity contribution in [3.63, 3.8) is 0 Å². The van der Waals surface area contributed by atoms with Crippen LogP contribution in [0.15, 0.2) is 41.8 Å². The SMILES string of the molecule is CC(=O)NC1CCOc2ccc(-c3csc(NC(=O)c4cccc([N+](=O)[O-])c4C)n3)cc21. The number of hydrogen-bond acceptors (Lipinski definition) is 7. The zero-order valence-corrected chi connectivity index (χ0v) is 18.2. The molecule has 1 aromatic heterocycles. The second kappa shape index (κ2) is 8.75. The lowest BCUT2D eigenvalue weighted by atomic mass is 9.97. The average Bonchev–Trinajstić information content (AvgIpc) is 3.21. The van der Waals surface area contributed by atoms with Crippen molar-refractivity contribution in [1.82, 2.24) is 10.3 Å². The summed E-state index contributed by atoms with van der Waals surface area (Å²) in [5, 5.41) is 19.0. The molecule has 0 spiro atoms. The molecule has 0 radical (unpaired) electrons. The highest BCUT2D eigenvalue weighted by Crippen LogP contribution is 2.36. The minimum atomic E-state index is -0.512. The second-order valence-corrected chi connectivity index (χ2v) is 8.20. The van der Waals surface area contributed by atoms with E-state index < -0.39 is 10.8 Å². The molecule has 1 aliphatic rings. The minimum absolute atomic E-state index is 0.108. The molecular formula is C22H20N4O5S. The average molecular weight is 452 g/mol. The Labute approximate surface area is 187 Å². The molecule has 2 N–H and O–H groups in total. The molecular weight excluding hydrogens is 432 g/mol. The van der Waals surface area contributed by atoms with Crippen molar-refractivity contribution < 1.29 is 19.2 Å². The number of anilines is 1. The molecule has 2 heterocycles. The highest BCUT2D eigenvalue weighted by Gasteiger charge is 2.23. The molecule has 1 atom stereocenters. The number of nitro benzene ring substituents is 1. The number of aromatic nitrogens is 1. The predicted octanol–water partition coefficient (Wildman–Crippen LogP) is 4.24. The maximum absolute atomic E-state index is 12.7. The van der Waals surface area contributed by atoms with Crippen LogP contribution in [-0.4, -0.2) is 28.3 Å². The van der Waals surface area contributed by atoms with Crippen LogP contribution in [0.2, 0.25) is 0 Å². The van der Waals surface area contributed by atoms with Crippen molar-refractivity contribution in [3.05, 3.63) is 68.6 Å². The Morgan fingerprint density at radius 3 is 2.84 bits per heavy atom. The number of benzene rings is 2. The van der Waals surface area contributed by atoms with Gasteiger partial charge < -0.3 is 10.1 Å². The summed E-state index contributed by atoms with van der Waals surface area (Å²) in [4.78, 5) is 39.3. The minimum Gasteiger partial charge on any atom is -0.493 e. The third-order valence-electron chi connectivity index (χ3n) is 5.19. The van der Waals surface area contributed by atoms with Crippen molar-refractivity contribution >= 4 is 34.0 Å². The maximum Gasteiger partial charge on any atom is 0.273 e. The molecule has 2 amide bonds. The van der Waals surface area contributed by atoms with Gasteiger partial charge in [-0.05, 0) is 31.2 Å². The molecule has 32 heavy (non-hydrogen) atoms. The highest BCUT2D eigenvalue weighted by molar-refractivity contribution is 7.14. The van der Waals surface area contributed by atoms with Gasteiger partial charge in [0.05, 0.1) is 23.3 Å². The van der Waals surface area contributed by atoms with Gasteiger partial charge in [-0.2, -0.15) is 0 Å². The largest absolute Gasteiger partial charge is 0.493 e. The Hall–Kier alpha value is -3.79. The molecule has 0 fully saturated rings. The zero-order valence-electron chi connectivity index (χ0n) is 17.4. The fourth-order valence-corrected chi connectivity index (χ4v) is 4.36. The van der Waals surface area contributed by atoms with E-state index in [-0.39, 0.29) is 23.2 Å². The molecule has 0 aliphatic carbocycles. The molecule has 1 aliphatic heterocycles. The van der Waals surface area contributed by atoms with E-state index in [4.69, 9.17) is 4.74 Å². The quantitative estimate of drug-likeness (QED) is 0.441. The van der Waals surface area contributed by atoms with Crippen molar-refractivity contribution in [2.24, 2.45) is 0 Å². The molecule has 0 saturated heterocycles. The lowest BCUT2D eigenvalue weighted by Gasteiger charge is -2.26. The number of nitro groups is 1. The number of carbonyl (C=O) groups is 2. The first-order valence-corrected chi connectivity index (χ1v) is 10.8. The van der Waals surface area contributed by atoms with E-state index in [0.717, 1.165) is 16.9 Å². The molecule has 2 aromatic carbocycles. The lowest BCUT2D eigenvalue weighted by Crippen LogP contribution is -2.30. The predicted molar refractivity (Wildman–Crippen MR) is 120 cm³/mol. The Kier molecular flexibility index (Phi) is 5.87. The zero-order chi connectivity index (χ0) is 22.8. The number of hydrogen-bond donors (Lipinski definition) is 2. The van der Waals surface area contributed by atoms with Gasteiger partial charge in [-0.25, -0.2) is 4.98 Å². The Morgan fingerprint density at radius 2 is 2.09 bits per heavy atom. The van der Waals surface area contributed by atoms with Crippen LogP contribution in [0.25, 0.3) is 11.3 Å². The first kappa shape index (κ1) is 21.4. The van der Waals surface area contributed by atoms with Crippen molar-refractivity contribution in [3.8, 4) is 17.0 Å². The number of carbonyl (C=O) groups excluding carboxylic acids is 2. The van der Waals surface area contributed by atoms with E-state index in [2.05, 4.69) is 15.6 Å². The van der Waals surface area contributed by atoms with Gasteiger partial charge in [0.2, 0.25) is 5.91 Å². The van der Waals surface area contributed by atoms with E-state index in [1.807, 2.05) is 23.6 Å². The second-order valence-electron chi connectivity index (χ2n) is 7.34. The number of thiazole rings is 1. The van der Waals surface area contributed by atoms with E-state index in [9.17, 15) is 19.7 Å². The number of fused-ring (bicyclic) bond motifs is 1. The summed E-state index contributed by atoms with van der Waals surface area (Å²) in [6.45, 7) is 3.56. The fraction of sp³-hybridized carbons (Fsp3) is 0.227. The molecule has 164 valence electrons. The van der Waals surface area contributed by atoms with Gasteiger partial charge in [0.1, 0.15) is 5.75 Å². The summed E-state index contributed by atoms with van der Waals surface area (Å²) >= 11 is 1.25. The third-order valence-corrected chi connectivity index (χ3v) is 5.95. The normalized spacial score (nSPS) is 14.8. The molecule has 1 unspecified atom stereocenters. The van der Waals surface area contributed by atoms with Crippen LogP contribution < -0.4 is 15.4 Å². The van der Waals surface area contributed by atoms with Crippen molar-refractivity contribution in [1.29, 1.82) is 0 Å². The third kappa shape index (κ3) is 4.30. The van der Waals surface area contributed by atoms with Gasteiger partial charge in [-0.15, -0.1) is 11.3 Å². The van der Waals surface area contributed by atoms with Crippen LogP contribution >= 0.6 is 11.3 Å². The van der Waals surface area contributed by atoms with Gasteiger partial charge in [-0.3, -0.25) is 25.0 Å². The first-order valence-electron chi connectivity index (χ1n) is 9.88. The van der Waals surface area contributed by atoms with Crippen LogP contribution in [-0.2, 0) is 4.79 Å². The Morgan fingerprint density at radius 1 is 1.28 bits per heavy atom. The number of ether oxygens (including phenoxy) is 1. The van der Waals surface area contributed by atoms with Gasteiger partial charge in [-0.1, -0.05) is 6.07 Å². The van der Waals surface area contributed by atoms with Gasteiger partial charge in [0.25, 0.3) is 11.6 Å². The van der Waals surface area contributed by atoms with Gasteiger partial charge in [0.15, 0.2) is 5.13 Å². The summed E-state index contributed by atoms with van der Waals surface area (Å²) in [5.74, 6) is 0.156. The molecule has 10 heteroatoms. The number of nitrogens with zero attached hydrogens (tertiary/aromatic N) is 2. The van der Waals surface area contributed by atoms with E-state index >= 15 is 0 Å². The fourth-order valence-electron chi connectivity index (χ4n) is 3.64. The van der Waals surface area contributed by atoms with Crippen LogP contribution in [0.5, 0.6) is 5.75 Å². The van der Waals surface area contributed by atoms with Gasteiger partial charge >= 0.3 is 0 Å². The topological polar surface area (TPSA) is 123 Å². The van der Waals surface area contributed by atoms with E-state index in [1.54, 1.807) is 6.92 Å². The Bertz CT molecular complexity index is 1220. The number of rotatable bonds is 5. The summed E-state index contributed by atoms with van der Waals surface area (Å²) in [6.07, 6.45) is 0.678. The smallest absolute Gasteiger partial charge is 0.273 e. The molecule has 9 nitrogen and oxygen atoms in total. The number of nitrogens with one attached hydrogen (secondary N) is 2. The molecule has 4 rings (SSSR count). The monoisotopic (exact) mass is 452 g/mol. The van der Waals surface area contributed by atoms with Crippen LogP contribution in [0.4, 0.5) is 10.8 Å². The highest BCUT2D eigenvalue weighted by atomic mass is 32.1. The van der Waals surface area contributed by atoms with Crippen LogP contribution in [0.1, 0.15) is 40.9 Å². The van der Waals surface area contributed by atoms with Crippen molar-refractivity contribution in [2.75, 3.05) is 11.9 Å². The van der Waals surface area contributed by atoms with E-state index in [0.29, 0.717) is 29.4 Å². The van der Waals surface area contributed by atoms with Crippen LogP contribution in [0.3, 0.4) is 0 Å². The summed E-state index contributed by atoms with van der Waals surface area (Å²) in [6, 6.07) is 9.91.